The Morgan fingerprint density at radius 1 is 1.21 bits per heavy atom. The third-order valence-electron chi connectivity index (χ3n) is 2.29. The Morgan fingerprint density at radius 2 is 2.00 bits per heavy atom. The first-order chi connectivity index (χ1) is 6.68. The summed E-state index contributed by atoms with van der Waals surface area (Å²) >= 11 is 0. The van der Waals surface area contributed by atoms with Crippen molar-refractivity contribution in [3.63, 3.8) is 0 Å². The molecular weight excluding hydrogens is 178 g/mol. The van der Waals surface area contributed by atoms with Crippen molar-refractivity contribution < 1.29 is 4.92 Å². The highest BCUT2D eigenvalue weighted by atomic mass is 16.6. The van der Waals surface area contributed by atoms with Crippen molar-refractivity contribution in [1.29, 1.82) is 0 Å². The minimum atomic E-state index is -0.373. The lowest BCUT2D eigenvalue weighted by molar-refractivity contribution is -0.384. The molecule has 0 radical (unpaired) electrons. The molecule has 14 heavy (non-hydrogen) atoms. The number of benzene rings is 2. The number of nitrogens with zero attached hydrogens (tertiary/aromatic N) is 1. The van der Waals surface area contributed by atoms with Gasteiger partial charge in [-0.3, -0.25) is 10.1 Å². The van der Waals surface area contributed by atoms with Gasteiger partial charge >= 0.3 is 0 Å². The van der Waals surface area contributed by atoms with Crippen molar-refractivity contribution in [3.8, 4) is 0 Å². The molecule has 2 rings (SSSR count). The number of rotatable bonds is 1. The highest BCUT2D eigenvalue weighted by molar-refractivity contribution is 5.87. The predicted molar refractivity (Wildman–Crippen MR) is 55.3 cm³/mol. The lowest BCUT2D eigenvalue weighted by atomic mass is 10.1. The number of nitro benzene ring substituents is 1. The number of nitro groups is 1. The van der Waals surface area contributed by atoms with Gasteiger partial charge in [-0.25, -0.2) is 0 Å². The van der Waals surface area contributed by atoms with E-state index in [1.165, 1.54) is 6.07 Å². The first-order valence-corrected chi connectivity index (χ1v) is 4.32. The molecule has 0 unspecified atom stereocenters. The van der Waals surface area contributed by atoms with Crippen molar-refractivity contribution in [1.82, 2.24) is 0 Å². The molecule has 3 nitrogen and oxygen atoms in total. The molecule has 0 aliphatic carbocycles. The van der Waals surface area contributed by atoms with Crippen LogP contribution in [0.25, 0.3) is 10.8 Å². The largest absolute Gasteiger partial charge is 0.270 e. The standard InChI is InChI=1S/C11H9NO2/c1-8-3-2-4-9-7-10(12(13)14)5-6-11(8)9/h2-7H,1H3. The van der Waals surface area contributed by atoms with Gasteiger partial charge in [0.2, 0.25) is 0 Å². The van der Waals surface area contributed by atoms with Gasteiger partial charge in [-0.05, 0) is 29.3 Å². The van der Waals surface area contributed by atoms with Crippen LogP contribution in [0.2, 0.25) is 0 Å². The minimum Gasteiger partial charge on any atom is -0.258 e. The molecule has 70 valence electrons. The summed E-state index contributed by atoms with van der Waals surface area (Å²) in [5, 5.41) is 12.5. The van der Waals surface area contributed by atoms with Gasteiger partial charge in [-0.1, -0.05) is 18.2 Å². The Morgan fingerprint density at radius 3 is 2.71 bits per heavy atom. The first kappa shape index (κ1) is 8.69. The van der Waals surface area contributed by atoms with Gasteiger partial charge in [0, 0.05) is 12.1 Å². The van der Waals surface area contributed by atoms with Gasteiger partial charge < -0.3 is 0 Å². The molecule has 0 atom stereocenters. The maximum atomic E-state index is 10.5. The Hall–Kier alpha value is -1.90. The summed E-state index contributed by atoms with van der Waals surface area (Å²) in [5.74, 6) is 0. The molecule has 0 saturated heterocycles. The average Bonchev–Trinajstić information content (AvgIpc) is 2.17. The van der Waals surface area contributed by atoms with E-state index in [2.05, 4.69) is 0 Å². The Kier molecular flexibility index (Phi) is 1.93. The fraction of sp³-hybridized carbons (Fsp3) is 0.0909. The number of hydrogen-bond donors (Lipinski definition) is 0. The van der Waals surface area contributed by atoms with Crippen LogP contribution in [0.3, 0.4) is 0 Å². The smallest absolute Gasteiger partial charge is 0.258 e. The summed E-state index contributed by atoms with van der Waals surface area (Å²) < 4.78 is 0. The fourth-order valence-electron chi connectivity index (χ4n) is 1.55. The van der Waals surface area contributed by atoms with Gasteiger partial charge in [-0.2, -0.15) is 0 Å². The SMILES string of the molecule is Cc1cccc2cc([N+](=O)[O-])ccc12. The normalized spacial score (nSPS) is 10.4. The number of fused-ring (bicyclic) bond motifs is 1. The molecule has 0 spiro atoms. The molecular formula is C11H9NO2. The molecule has 0 amide bonds. The van der Waals surface area contributed by atoms with E-state index in [1.54, 1.807) is 12.1 Å². The zero-order valence-corrected chi connectivity index (χ0v) is 7.73. The van der Waals surface area contributed by atoms with Gasteiger partial charge in [0.05, 0.1) is 4.92 Å². The molecule has 0 aliphatic rings. The van der Waals surface area contributed by atoms with Crippen molar-refractivity contribution in [2.75, 3.05) is 0 Å². The average molecular weight is 187 g/mol. The van der Waals surface area contributed by atoms with Crippen molar-refractivity contribution >= 4 is 16.5 Å². The second kappa shape index (κ2) is 3.10. The molecule has 0 aromatic heterocycles. The number of aryl methyl sites for hydroxylation is 1. The molecule has 0 bridgehead atoms. The maximum absolute atomic E-state index is 10.5. The van der Waals surface area contributed by atoms with Crippen molar-refractivity contribution in [2.45, 2.75) is 6.92 Å². The highest BCUT2D eigenvalue weighted by Crippen LogP contribution is 2.22. The Bertz CT molecular complexity index is 506. The second-order valence-electron chi connectivity index (χ2n) is 3.24. The van der Waals surface area contributed by atoms with Gasteiger partial charge in [0.1, 0.15) is 0 Å². The summed E-state index contributed by atoms with van der Waals surface area (Å²) in [6, 6.07) is 10.7. The monoisotopic (exact) mass is 187 g/mol. The molecule has 0 aliphatic heterocycles. The maximum Gasteiger partial charge on any atom is 0.270 e. The van der Waals surface area contributed by atoms with E-state index in [-0.39, 0.29) is 10.6 Å². The minimum absolute atomic E-state index is 0.142. The molecule has 3 heteroatoms. The Balaban J connectivity index is 2.73. The molecule has 0 N–H and O–H groups in total. The van der Waals surface area contributed by atoms with Crippen LogP contribution in [-0.4, -0.2) is 4.92 Å². The topological polar surface area (TPSA) is 43.1 Å². The molecule has 0 fully saturated rings. The first-order valence-electron chi connectivity index (χ1n) is 4.32. The van der Waals surface area contributed by atoms with Crippen LogP contribution in [0.4, 0.5) is 5.69 Å². The predicted octanol–water partition coefficient (Wildman–Crippen LogP) is 3.06. The molecule has 0 heterocycles. The van der Waals surface area contributed by atoms with Gasteiger partial charge in [0.15, 0.2) is 0 Å². The third-order valence-corrected chi connectivity index (χ3v) is 2.29. The van der Waals surface area contributed by atoms with E-state index in [9.17, 15) is 10.1 Å². The Labute approximate surface area is 81.1 Å². The van der Waals surface area contributed by atoms with Crippen LogP contribution in [0.5, 0.6) is 0 Å². The van der Waals surface area contributed by atoms with Crippen LogP contribution in [-0.2, 0) is 0 Å². The van der Waals surface area contributed by atoms with E-state index in [4.69, 9.17) is 0 Å². The third kappa shape index (κ3) is 1.33. The highest BCUT2D eigenvalue weighted by Gasteiger charge is 2.05. The van der Waals surface area contributed by atoms with Crippen molar-refractivity contribution in [3.05, 3.63) is 52.1 Å². The van der Waals surface area contributed by atoms with Crippen LogP contribution < -0.4 is 0 Å². The number of non-ortho nitro benzene ring substituents is 1. The summed E-state index contributed by atoms with van der Waals surface area (Å²) in [7, 11) is 0. The fourth-order valence-corrected chi connectivity index (χ4v) is 1.55. The van der Waals surface area contributed by atoms with Crippen LogP contribution in [0.15, 0.2) is 36.4 Å². The molecule has 2 aromatic rings. The summed E-state index contributed by atoms with van der Waals surface area (Å²) in [5.41, 5.74) is 1.28. The van der Waals surface area contributed by atoms with E-state index < -0.39 is 0 Å². The van der Waals surface area contributed by atoms with Crippen LogP contribution in [0, 0.1) is 17.0 Å². The quantitative estimate of drug-likeness (QED) is 0.508. The lowest BCUT2D eigenvalue weighted by Crippen LogP contribution is -1.87. The lowest BCUT2D eigenvalue weighted by Gasteiger charge is -2.00. The number of hydrogen-bond acceptors (Lipinski definition) is 2. The van der Waals surface area contributed by atoms with Crippen molar-refractivity contribution in [2.24, 2.45) is 0 Å². The van der Waals surface area contributed by atoms with E-state index in [0.717, 1.165) is 16.3 Å². The van der Waals surface area contributed by atoms with Crippen LogP contribution in [0.1, 0.15) is 5.56 Å². The second-order valence-corrected chi connectivity index (χ2v) is 3.24. The summed E-state index contributed by atoms with van der Waals surface area (Å²) in [4.78, 5) is 10.2. The molecule has 0 saturated carbocycles. The van der Waals surface area contributed by atoms with E-state index in [1.807, 2.05) is 25.1 Å². The summed E-state index contributed by atoms with van der Waals surface area (Å²) in [6.45, 7) is 1.99. The zero-order chi connectivity index (χ0) is 10.1. The molecule has 2 aromatic carbocycles. The van der Waals surface area contributed by atoms with Gasteiger partial charge in [0.25, 0.3) is 5.69 Å². The van der Waals surface area contributed by atoms with Gasteiger partial charge in [-0.15, -0.1) is 0 Å². The van der Waals surface area contributed by atoms with Crippen LogP contribution >= 0.6 is 0 Å². The van der Waals surface area contributed by atoms with E-state index in [0.29, 0.717) is 0 Å². The summed E-state index contributed by atoms with van der Waals surface area (Å²) in [6.07, 6.45) is 0. The zero-order valence-electron chi connectivity index (χ0n) is 7.73. The van der Waals surface area contributed by atoms with E-state index >= 15 is 0 Å².